The minimum absolute atomic E-state index is 0.0586. The van der Waals surface area contributed by atoms with E-state index in [1.807, 2.05) is 0 Å². The third-order valence-corrected chi connectivity index (χ3v) is 3.20. The monoisotopic (exact) mass is 251 g/mol. The Bertz CT molecular complexity index is 481. The lowest BCUT2D eigenvalue weighted by Gasteiger charge is -2.12. The average Bonchev–Trinajstić information content (AvgIpc) is 2.84. The molecular formula is C13H14FNO3. The maximum absolute atomic E-state index is 13.0. The second kappa shape index (κ2) is 5.16. The molecule has 4 nitrogen and oxygen atoms in total. The fraction of sp³-hybridized carbons (Fsp3) is 0.385. The molecule has 0 radical (unpaired) electrons. The van der Waals surface area contributed by atoms with Gasteiger partial charge in [0.05, 0.1) is 11.3 Å². The molecule has 1 aromatic carbocycles. The summed E-state index contributed by atoms with van der Waals surface area (Å²) >= 11 is 0. The van der Waals surface area contributed by atoms with Crippen molar-refractivity contribution in [3.8, 4) is 0 Å². The summed E-state index contributed by atoms with van der Waals surface area (Å²) in [5, 5.41) is 11.5. The Balaban J connectivity index is 2.17. The number of amides is 1. The lowest BCUT2D eigenvalue weighted by atomic mass is 10.1. The molecule has 1 aliphatic rings. The molecule has 0 bridgehead atoms. The maximum atomic E-state index is 13.0. The highest BCUT2D eigenvalue weighted by Crippen LogP contribution is 2.27. The molecule has 0 aromatic heterocycles. The van der Waals surface area contributed by atoms with Crippen molar-refractivity contribution < 1.29 is 19.1 Å². The van der Waals surface area contributed by atoms with Crippen LogP contribution in [0.5, 0.6) is 0 Å². The Morgan fingerprint density at radius 2 is 1.94 bits per heavy atom. The molecule has 0 atom stereocenters. The minimum Gasteiger partial charge on any atom is -0.478 e. The number of carbonyl (C=O) groups is 2. The van der Waals surface area contributed by atoms with Crippen LogP contribution in [0.15, 0.2) is 18.2 Å². The van der Waals surface area contributed by atoms with Crippen molar-refractivity contribution in [1.29, 1.82) is 0 Å². The highest BCUT2D eigenvalue weighted by molar-refractivity contribution is 6.01. The van der Waals surface area contributed by atoms with E-state index in [2.05, 4.69) is 5.32 Å². The number of carboxylic acid groups (broad SMARTS) is 1. The Morgan fingerprint density at radius 1 is 1.28 bits per heavy atom. The zero-order valence-corrected chi connectivity index (χ0v) is 9.78. The van der Waals surface area contributed by atoms with Gasteiger partial charge in [-0.05, 0) is 31.0 Å². The number of carbonyl (C=O) groups excluding carboxylic acids is 1. The van der Waals surface area contributed by atoms with Crippen LogP contribution in [0, 0.1) is 11.7 Å². The first-order valence-corrected chi connectivity index (χ1v) is 5.91. The average molecular weight is 251 g/mol. The minimum atomic E-state index is -1.25. The predicted octanol–water partition coefficient (Wildman–Crippen LogP) is 2.65. The SMILES string of the molecule is O=C(O)c1cc(F)ccc1NC(=O)C1CCCC1. The van der Waals surface area contributed by atoms with Gasteiger partial charge in [0.15, 0.2) is 0 Å². The number of benzene rings is 1. The second-order valence-electron chi connectivity index (χ2n) is 4.47. The molecule has 0 heterocycles. The number of carboxylic acids is 1. The van der Waals surface area contributed by atoms with E-state index in [1.54, 1.807) is 0 Å². The molecule has 2 rings (SSSR count). The summed E-state index contributed by atoms with van der Waals surface area (Å²) in [5.41, 5.74) is -0.0675. The molecular weight excluding hydrogens is 237 g/mol. The lowest BCUT2D eigenvalue weighted by molar-refractivity contribution is -0.119. The van der Waals surface area contributed by atoms with E-state index in [4.69, 9.17) is 5.11 Å². The number of halogens is 1. The van der Waals surface area contributed by atoms with Gasteiger partial charge in [-0.3, -0.25) is 4.79 Å². The van der Waals surface area contributed by atoms with Crippen LogP contribution in [0.2, 0.25) is 0 Å². The summed E-state index contributed by atoms with van der Waals surface area (Å²) in [6, 6.07) is 3.33. The molecule has 2 N–H and O–H groups in total. The number of hydrogen-bond acceptors (Lipinski definition) is 2. The van der Waals surface area contributed by atoms with Gasteiger partial charge in [0.1, 0.15) is 5.82 Å². The Labute approximate surface area is 104 Å². The summed E-state index contributed by atoms with van der Waals surface area (Å²) in [4.78, 5) is 22.8. The summed E-state index contributed by atoms with van der Waals surface area (Å²) < 4.78 is 13.0. The standard InChI is InChI=1S/C13H14FNO3/c14-9-5-6-11(10(7-9)13(17)18)15-12(16)8-3-1-2-4-8/h5-8H,1-4H2,(H,15,16)(H,17,18). The van der Waals surface area contributed by atoms with E-state index in [1.165, 1.54) is 6.07 Å². The van der Waals surface area contributed by atoms with Gasteiger partial charge in [-0.15, -0.1) is 0 Å². The van der Waals surface area contributed by atoms with Crippen molar-refractivity contribution in [3.05, 3.63) is 29.6 Å². The summed E-state index contributed by atoms with van der Waals surface area (Å²) in [6.07, 6.45) is 3.70. The first kappa shape index (κ1) is 12.5. The van der Waals surface area contributed by atoms with Crippen LogP contribution in [-0.2, 0) is 4.79 Å². The number of hydrogen-bond donors (Lipinski definition) is 2. The van der Waals surface area contributed by atoms with E-state index < -0.39 is 11.8 Å². The van der Waals surface area contributed by atoms with Crippen molar-refractivity contribution in [2.75, 3.05) is 5.32 Å². The fourth-order valence-corrected chi connectivity index (χ4v) is 2.23. The molecule has 96 valence electrons. The van der Waals surface area contributed by atoms with Gasteiger partial charge in [-0.1, -0.05) is 12.8 Å². The van der Waals surface area contributed by atoms with Gasteiger partial charge >= 0.3 is 5.97 Å². The van der Waals surface area contributed by atoms with Gasteiger partial charge in [-0.2, -0.15) is 0 Å². The molecule has 0 saturated heterocycles. The molecule has 0 aliphatic heterocycles. The fourth-order valence-electron chi connectivity index (χ4n) is 2.23. The van der Waals surface area contributed by atoms with Crippen LogP contribution in [-0.4, -0.2) is 17.0 Å². The van der Waals surface area contributed by atoms with Crippen LogP contribution in [0.3, 0.4) is 0 Å². The topological polar surface area (TPSA) is 66.4 Å². The summed E-state index contributed by atoms with van der Waals surface area (Å²) in [6.45, 7) is 0. The van der Waals surface area contributed by atoms with Crippen LogP contribution in [0.25, 0.3) is 0 Å². The summed E-state index contributed by atoms with van der Waals surface area (Å²) in [5.74, 6) is -2.12. The van der Waals surface area contributed by atoms with Gasteiger partial charge < -0.3 is 10.4 Å². The van der Waals surface area contributed by atoms with E-state index in [0.717, 1.165) is 37.8 Å². The lowest BCUT2D eigenvalue weighted by Crippen LogP contribution is -2.21. The Kier molecular flexibility index (Phi) is 3.60. The largest absolute Gasteiger partial charge is 0.478 e. The number of aromatic carboxylic acids is 1. The van der Waals surface area contributed by atoms with Gasteiger partial charge in [0.2, 0.25) is 5.91 Å². The van der Waals surface area contributed by atoms with Crippen molar-refractivity contribution in [2.24, 2.45) is 5.92 Å². The quantitative estimate of drug-likeness (QED) is 0.867. The first-order valence-electron chi connectivity index (χ1n) is 5.91. The molecule has 5 heteroatoms. The van der Waals surface area contributed by atoms with Crippen molar-refractivity contribution in [2.45, 2.75) is 25.7 Å². The van der Waals surface area contributed by atoms with Crippen molar-refractivity contribution >= 4 is 17.6 Å². The normalized spacial score (nSPS) is 15.6. The number of rotatable bonds is 3. The second-order valence-corrected chi connectivity index (χ2v) is 4.47. The summed E-state index contributed by atoms with van der Waals surface area (Å²) in [7, 11) is 0. The molecule has 0 unspecified atom stereocenters. The van der Waals surface area contributed by atoms with Gasteiger partial charge in [-0.25, -0.2) is 9.18 Å². The molecule has 1 aliphatic carbocycles. The van der Waals surface area contributed by atoms with Crippen molar-refractivity contribution in [3.63, 3.8) is 0 Å². The Hall–Kier alpha value is -1.91. The van der Waals surface area contributed by atoms with E-state index >= 15 is 0 Å². The van der Waals surface area contributed by atoms with Crippen LogP contribution in [0.4, 0.5) is 10.1 Å². The first-order chi connectivity index (χ1) is 8.58. The van der Waals surface area contributed by atoms with Crippen LogP contribution < -0.4 is 5.32 Å². The van der Waals surface area contributed by atoms with Gasteiger partial charge in [0, 0.05) is 5.92 Å². The van der Waals surface area contributed by atoms with Crippen molar-refractivity contribution in [1.82, 2.24) is 0 Å². The molecule has 1 fully saturated rings. The zero-order valence-electron chi connectivity index (χ0n) is 9.78. The van der Waals surface area contributed by atoms with Crippen LogP contribution >= 0.6 is 0 Å². The van der Waals surface area contributed by atoms with E-state index in [-0.39, 0.29) is 23.1 Å². The number of anilines is 1. The highest BCUT2D eigenvalue weighted by atomic mass is 19.1. The molecule has 18 heavy (non-hydrogen) atoms. The molecule has 1 saturated carbocycles. The number of nitrogens with one attached hydrogen (secondary N) is 1. The highest BCUT2D eigenvalue weighted by Gasteiger charge is 2.24. The Morgan fingerprint density at radius 3 is 2.56 bits per heavy atom. The smallest absolute Gasteiger partial charge is 0.337 e. The van der Waals surface area contributed by atoms with Crippen LogP contribution in [0.1, 0.15) is 36.0 Å². The zero-order chi connectivity index (χ0) is 13.1. The van der Waals surface area contributed by atoms with E-state index in [9.17, 15) is 14.0 Å². The van der Waals surface area contributed by atoms with E-state index in [0.29, 0.717) is 0 Å². The van der Waals surface area contributed by atoms with Gasteiger partial charge in [0.25, 0.3) is 0 Å². The third kappa shape index (κ3) is 2.67. The maximum Gasteiger partial charge on any atom is 0.337 e. The predicted molar refractivity (Wildman–Crippen MR) is 63.9 cm³/mol. The molecule has 1 amide bonds. The molecule has 1 aromatic rings. The third-order valence-electron chi connectivity index (χ3n) is 3.20. The molecule has 0 spiro atoms.